The first-order valence-electron chi connectivity index (χ1n) is 6.32. The topological polar surface area (TPSA) is 50.1 Å². The lowest BCUT2D eigenvalue weighted by molar-refractivity contribution is 0.593. The summed E-state index contributed by atoms with van der Waals surface area (Å²) in [5, 5.41) is 0.284. The molecule has 2 rings (SSSR count). The fourth-order valence-corrected chi connectivity index (χ4v) is 2.34. The number of rotatable bonds is 4. The summed E-state index contributed by atoms with van der Waals surface area (Å²) in [5.41, 5.74) is 15.5. The fourth-order valence-electron chi connectivity index (χ4n) is 2.29. The molecule has 0 fully saturated rings. The number of nitrogens with two attached hydrogens (primary N) is 1. The Labute approximate surface area is 113 Å². The van der Waals surface area contributed by atoms with E-state index in [0.717, 1.165) is 19.3 Å². The number of hydrogen-bond donors (Lipinski definition) is 3. The van der Waals surface area contributed by atoms with Crippen LogP contribution in [0.2, 0.25) is 0 Å². The molecule has 0 saturated heterocycles. The number of thiocarbonyl (C=S) groups is 1. The smallest absolute Gasteiger partial charge is 0.182 e. The molecule has 1 aliphatic carbocycles. The third kappa shape index (κ3) is 3.74. The van der Waals surface area contributed by atoms with E-state index in [2.05, 4.69) is 35.1 Å². The number of benzene rings is 1. The van der Waals surface area contributed by atoms with E-state index in [1.54, 1.807) is 0 Å². The van der Waals surface area contributed by atoms with Gasteiger partial charge in [0.2, 0.25) is 0 Å². The van der Waals surface area contributed by atoms with E-state index in [1.807, 2.05) is 6.07 Å². The van der Waals surface area contributed by atoms with Crippen molar-refractivity contribution < 1.29 is 0 Å². The largest absolute Gasteiger partial charge is 0.375 e. The molecule has 0 atom stereocenters. The first kappa shape index (κ1) is 12.9. The highest BCUT2D eigenvalue weighted by molar-refractivity contribution is 7.80. The number of nitrogens with one attached hydrogen (secondary N) is 2. The van der Waals surface area contributed by atoms with Gasteiger partial charge < -0.3 is 11.2 Å². The van der Waals surface area contributed by atoms with Crippen molar-refractivity contribution in [2.24, 2.45) is 5.73 Å². The number of hydrogen-bond acceptors (Lipinski definition) is 2. The highest BCUT2D eigenvalue weighted by Crippen LogP contribution is 2.25. The van der Waals surface area contributed by atoms with Gasteiger partial charge >= 0.3 is 0 Å². The molecule has 1 aromatic rings. The molecule has 96 valence electrons. The van der Waals surface area contributed by atoms with Crippen molar-refractivity contribution in [2.45, 2.75) is 32.1 Å². The predicted octanol–water partition coefficient (Wildman–Crippen LogP) is 2.40. The van der Waals surface area contributed by atoms with Gasteiger partial charge in [-0.25, -0.2) is 0 Å². The highest BCUT2D eigenvalue weighted by atomic mass is 32.1. The molecule has 0 spiro atoms. The van der Waals surface area contributed by atoms with E-state index < -0.39 is 0 Å². The minimum Gasteiger partial charge on any atom is -0.375 e. The minimum atomic E-state index is 0.284. The van der Waals surface area contributed by atoms with Crippen molar-refractivity contribution in [3.63, 3.8) is 0 Å². The fraction of sp³-hybridized carbons (Fsp3) is 0.357. The number of hydrazine groups is 1. The first-order valence-corrected chi connectivity index (χ1v) is 6.73. The van der Waals surface area contributed by atoms with Crippen molar-refractivity contribution >= 4 is 17.3 Å². The average molecular weight is 261 g/mol. The van der Waals surface area contributed by atoms with Crippen molar-refractivity contribution in [3.05, 3.63) is 47.2 Å². The van der Waals surface area contributed by atoms with Gasteiger partial charge in [-0.3, -0.25) is 5.43 Å². The molecule has 0 radical (unpaired) electrons. The molecule has 0 saturated carbocycles. The van der Waals surface area contributed by atoms with E-state index in [-0.39, 0.29) is 5.11 Å². The summed E-state index contributed by atoms with van der Waals surface area (Å²) in [7, 11) is 0. The van der Waals surface area contributed by atoms with Gasteiger partial charge in [-0.05, 0) is 55.5 Å². The molecule has 1 aliphatic rings. The van der Waals surface area contributed by atoms with Crippen molar-refractivity contribution in [1.29, 1.82) is 0 Å². The summed E-state index contributed by atoms with van der Waals surface area (Å²) in [6.07, 6.45) is 5.70. The zero-order valence-corrected chi connectivity index (χ0v) is 11.2. The van der Waals surface area contributed by atoms with Crippen LogP contribution >= 0.6 is 12.2 Å². The van der Waals surface area contributed by atoms with Gasteiger partial charge in [-0.15, -0.1) is 0 Å². The van der Waals surface area contributed by atoms with Crippen LogP contribution in [0.1, 0.15) is 31.2 Å². The molecule has 18 heavy (non-hydrogen) atoms. The average Bonchev–Trinajstić information content (AvgIpc) is 2.39. The zero-order chi connectivity index (χ0) is 12.8. The van der Waals surface area contributed by atoms with Gasteiger partial charge in [0.25, 0.3) is 0 Å². The summed E-state index contributed by atoms with van der Waals surface area (Å²) in [4.78, 5) is 0. The lowest BCUT2D eigenvalue weighted by Crippen LogP contribution is -2.41. The van der Waals surface area contributed by atoms with Gasteiger partial charge in [0, 0.05) is 5.70 Å². The van der Waals surface area contributed by atoms with E-state index >= 15 is 0 Å². The van der Waals surface area contributed by atoms with E-state index in [1.165, 1.54) is 29.7 Å². The van der Waals surface area contributed by atoms with Crippen LogP contribution in [0, 0.1) is 0 Å². The summed E-state index contributed by atoms with van der Waals surface area (Å²) >= 11 is 4.81. The third-order valence-electron chi connectivity index (χ3n) is 3.18. The van der Waals surface area contributed by atoms with Crippen LogP contribution in [0.4, 0.5) is 0 Å². The van der Waals surface area contributed by atoms with Crippen molar-refractivity contribution in [1.82, 2.24) is 10.9 Å². The maximum absolute atomic E-state index is 5.44. The lowest BCUT2D eigenvalue weighted by Gasteiger charge is -2.22. The summed E-state index contributed by atoms with van der Waals surface area (Å²) in [6, 6.07) is 10.5. The second-order valence-corrected chi connectivity index (χ2v) is 5.01. The van der Waals surface area contributed by atoms with Crippen LogP contribution < -0.4 is 16.6 Å². The Hall–Kier alpha value is -1.55. The van der Waals surface area contributed by atoms with Crippen LogP contribution in [-0.2, 0) is 6.42 Å². The minimum absolute atomic E-state index is 0.284. The SMILES string of the molecule is NC(=S)NNC1=C(Cc2ccccc2)CCCC1. The van der Waals surface area contributed by atoms with Gasteiger partial charge in [0.15, 0.2) is 5.11 Å². The van der Waals surface area contributed by atoms with Crippen LogP contribution in [-0.4, -0.2) is 5.11 Å². The van der Waals surface area contributed by atoms with Crippen molar-refractivity contribution in [2.75, 3.05) is 0 Å². The Morgan fingerprint density at radius 2 is 1.89 bits per heavy atom. The molecule has 3 nitrogen and oxygen atoms in total. The predicted molar refractivity (Wildman–Crippen MR) is 78.7 cm³/mol. The monoisotopic (exact) mass is 261 g/mol. The van der Waals surface area contributed by atoms with Crippen LogP contribution in [0.25, 0.3) is 0 Å². The van der Waals surface area contributed by atoms with Crippen molar-refractivity contribution in [3.8, 4) is 0 Å². The van der Waals surface area contributed by atoms with Gasteiger partial charge in [0.1, 0.15) is 0 Å². The Bertz CT molecular complexity index is 440. The molecule has 0 unspecified atom stereocenters. The molecule has 4 heteroatoms. The zero-order valence-electron chi connectivity index (χ0n) is 10.4. The van der Waals surface area contributed by atoms with Gasteiger partial charge in [-0.2, -0.15) is 0 Å². The third-order valence-corrected chi connectivity index (χ3v) is 3.28. The molecular weight excluding hydrogens is 242 g/mol. The molecule has 0 aromatic heterocycles. The van der Waals surface area contributed by atoms with E-state index in [0.29, 0.717) is 0 Å². The molecule has 0 aliphatic heterocycles. The number of allylic oxidation sites excluding steroid dienone is 2. The summed E-state index contributed by atoms with van der Waals surface area (Å²) in [6.45, 7) is 0. The molecule has 4 N–H and O–H groups in total. The highest BCUT2D eigenvalue weighted by Gasteiger charge is 2.13. The molecule has 1 aromatic carbocycles. The first-order chi connectivity index (χ1) is 8.75. The standard InChI is InChI=1S/C14H19N3S/c15-14(18)17-16-13-9-5-4-8-12(13)10-11-6-2-1-3-7-11/h1-3,6-7,16H,4-5,8-10H2,(H3,15,17,18). The molecule has 0 heterocycles. The normalized spacial score (nSPS) is 15.3. The summed E-state index contributed by atoms with van der Waals surface area (Å²) < 4.78 is 0. The Morgan fingerprint density at radius 1 is 1.17 bits per heavy atom. The van der Waals surface area contributed by atoms with E-state index in [4.69, 9.17) is 18.0 Å². The Kier molecular flexibility index (Phi) is 4.59. The second kappa shape index (κ2) is 6.40. The van der Waals surface area contributed by atoms with Crippen LogP contribution in [0.3, 0.4) is 0 Å². The molecular formula is C14H19N3S. The Morgan fingerprint density at radius 3 is 2.61 bits per heavy atom. The molecule has 0 amide bonds. The lowest BCUT2D eigenvalue weighted by atomic mass is 9.92. The molecule has 0 bridgehead atoms. The quantitative estimate of drug-likeness (QED) is 0.575. The van der Waals surface area contributed by atoms with Crippen LogP contribution in [0.15, 0.2) is 41.6 Å². The maximum Gasteiger partial charge on any atom is 0.182 e. The van der Waals surface area contributed by atoms with Crippen LogP contribution in [0.5, 0.6) is 0 Å². The van der Waals surface area contributed by atoms with Gasteiger partial charge in [0.05, 0.1) is 0 Å². The summed E-state index contributed by atoms with van der Waals surface area (Å²) in [5.74, 6) is 0. The van der Waals surface area contributed by atoms with Gasteiger partial charge in [-0.1, -0.05) is 30.3 Å². The Balaban J connectivity index is 2.07. The maximum atomic E-state index is 5.44. The second-order valence-electron chi connectivity index (χ2n) is 4.57. The van der Waals surface area contributed by atoms with E-state index in [9.17, 15) is 0 Å².